The molecule has 16 nitrogen and oxygen atoms in total. The molecule has 0 saturated carbocycles. The van der Waals surface area contributed by atoms with Crippen molar-refractivity contribution in [3.8, 4) is 5.75 Å². The van der Waals surface area contributed by atoms with Crippen molar-refractivity contribution < 1.29 is 61.8 Å². The largest absolute Gasteiger partial charge is 0.481 e. The lowest BCUT2D eigenvalue weighted by molar-refractivity contribution is -0.137. The minimum Gasteiger partial charge on any atom is -0.481 e. The summed E-state index contributed by atoms with van der Waals surface area (Å²) in [7, 11) is -13.1. The Hall–Kier alpha value is -4.93. The molecule has 0 radical (unpaired) electrons. The van der Waals surface area contributed by atoms with Crippen molar-refractivity contribution in [2.75, 3.05) is 34.4 Å². The summed E-state index contributed by atoms with van der Waals surface area (Å²) in [4.78, 5) is 15.0. The van der Waals surface area contributed by atoms with Crippen LogP contribution in [0.2, 0.25) is 0 Å². The Morgan fingerprint density at radius 1 is 0.750 bits per heavy atom. The second-order valence-electron chi connectivity index (χ2n) is 17.3. The zero-order valence-corrected chi connectivity index (χ0v) is 41.2. The molecule has 4 unspecified atom stereocenters. The van der Waals surface area contributed by atoms with Crippen LogP contribution in [0.5, 0.6) is 5.75 Å². The molecule has 0 spiro atoms. The molecule has 68 heavy (non-hydrogen) atoms. The van der Waals surface area contributed by atoms with E-state index in [4.69, 9.17) is 9.29 Å². The van der Waals surface area contributed by atoms with Gasteiger partial charge in [0.15, 0.2) is 0 Å². The zero-order chi connectivity index (χ0) is 49.8. The third-order valence-corrected chi connectivity index (χ3v) is 15.2. The smallest absolute Gasteiger partial charge is 0.357 e. The molecule has 3 aliphatic rings. The number of aliphatic carboxylic acids is 1. The number of nitrogens with zero attached hydrogens (tertiary/aromatic N) is 2. The number of hydrogen-bond donors (Lipinski definition) is 5. The molecule has 5 rings (SSSR count). The van der Waals surface area contributed by atoms with E-state index in [9.17, 15) is 52.5 Å². The van der Waals surface area contributed by atoms with Crippen LogP contribution in [-0.4, -0.2) is 89.4 Å². The molecule has 0 saturated heterocycles. The number of benzene rings is 2. The topological polar surface area (TPSA) is 253 Å². The van der Waals surface area contributed by atoms with Crippen molar-refractivity contribution in [2.24, 2.45) is 0 Å². The molecule has 2 heterocycles. The molecule has 1 aliphatic carbocycles. The average Bonchev–Trinajstić information content (AvgIpc) is 3.59. The van der Waals surface area contributed by atoms with Crippen LogP contribution in [0.15, 0.2) is 138 Å². The number of carboxylic acids is 1. The van der Waals surface area contributed by atoms with E-state index in [1.54, 1.807) is 42.5 Å². The van der Waals surface area contributed by atoms with Crippen molar-refractivity contribution in [1.82, 2.24) is 0 Å². The van der Waals surface area contributed by atoms with Gasteiger partial charge in [0.05, 0.1) is 22.4 Å². The Bertz CT molecular complexity index is 2770. The van der Waals surface area contributed by atoms with Gasteiger partial charge in [0, 0.05) is 47.4 Å². The van der Waals surface area contributed by atoms with Crippen molar-refractivity contribution in [3.05, 3.63) is 144 Å². The van der Waals surface area contributed by atoms with E-state index in [1.165, 1.54) is 12.1 Å². The van der Waals surface area contributed by atoms with Crippen LogP contribution in [0.1, 0.15) is 89.2 Å². The van der Waals surface area contributed by atoms with Gasteiger partial charge in [0.1, 0.15) is 5.75 Å². The maximum Gasteiger partial charge on any atom is 0.357 e. The molecular weight excluding hydrogens is 957 g/mol. The van der Waals surface area contributed by atoms with Gasteiger partial charge in [0.25, 0.3) is 30.4 Å². The standard InChI is InChI=1S/C48H60N2O14S4/c1-47(29-16-21-37-19-10-5-3-6-11-20-37)41-36-39(68(61,62)63)26-28-43(41)50(32-18-34-67(58,59)60)44(47)22-12-7-4-8-13-23-45-48(2,30-17-33-66(55,56)57)40-35-38(64-65(53)54)25-27-42(40)49(45)31-15-9-14-24-46(51)52/h3-8,10-13,19-20,22-23,25-28,35-36,44H,9,14-18,21,24,29-34H2,1-2H3,(H,51,52)(H,53,54)(H,55,56,57)(H,58,59,60)(H,61,62,63)/b5-3-,6-3?,7-4+,10-5?,11-6-,13-8+,19-10?,20-11?,22-12+,37-19?,37-20?,45-23+. The molecule has 2 aliphatic heterocycles. The lowest BCUT2D eigenvalue weighted by Crippen LogP contribution is -2.42. The van der Waals surface area contributed by atoms with Gasteiger partial charge in [0.2, 0.25) is 0 Å². The number of fused-ring (bicyclic) bond motifs is 2. The van der Waals surface area contributed by atoms with Crippen molar-refractivity contribution in [3.63, 3.8) is 0 Å². The third-order valence-electron chi connectivity index (χ3n) is 12.4. The van der Waals surface area contributed by atoms with E-state index < -0.39 is 76.1 Å². The van der Waals surface area contributed by atoms with Crippen LogP contribution in [0.4, 0.5) is 11.4 Å². The highest BCUT2D eigenvalue weighted by molar-refractivity contribution is 7.86. The zero-order valence-electron chi connectivity index (χ0n) is 38.0. The van der Waals surface area contributed by atoms with Crippen molar-refractivity contribution in [1.29, 1.82) is 0 Å². The van der Waals surface area contributed by atoms with Crippen LogP contribution < -0.4 is 14.0 Å². The third kappa shape index (κ3) is 15.0. The van der Waals surface area contributed by atoms with Gasteiger partial charge in [-0.25, -0.2) is 0 Å². The van der Waals surface area contributed by atoms with E-state index in [2.05, 4.69) is 4.90 Å². The summed E-state index contributed by atoms with van der Waals surface area (Å²) in [6, 6.07) is 8.91. The SMILES string of the molecule is CC1(CCCS(=O)(=O)O)\C(=C/C=C/C=C/C=C/C2N(CCCS(=O)(=O)O)c3ccc(S(=O)(=O)O)cc3C2(C)CCCC2=C/C=C\C=C/C=C2)N(CCCCCC(=O)O)c2ccc(OS(=O)O)cc21. The normalized spacial score (nSPS) is 22.7. The quantitative estimate of drug-likeness (QED) is 0.0270. The van der Waals surface area contributed by atoms with E-state index in [0.717, 1.165) is 17.0 Å². The molecule has 0 amide bonds. The van der Waals surface area contributed by atoms with Gasteiger partial charge in [-0.15, -0.1) is 0 Å². The number of allylic oxidation sites excluding steroid dienone is 15. The average molecular weight is 1020 g/mol. The molecule has 0 aromatic heterocycles. The predicted octanol–water partition coefficient (Wildman–Crippen LogP) is 8.60. The first-order valence-electron chi connectivity index (χ1n) is 22.2. The maximum atomic E-state index is 12.4. The molecule has 0 fully saturated rings. The second-order valence-corrected chi connectivity index (χ2v) is 22.5. The Balaban J connectivity index is 1.48. The fourth-order valence-electron chi connectivity index (χ4n) is 9.25. The first-order chi connectivity index (χ1) is 32.0. The number of carboxylic acid groups (broad SMARTS) is 1. The summed E-state index contributed by atoms with van der Waals surface area (Å²) in [6.07, 6.45) is 30.8. The minimum absolute atomic E-state index is 0.0234. The van der Waals surface area contributed by atoms with Crippen LogP contribution in [0.25, 0.3) is 0 Å². The highest BCUT2D eigenvalue weighted by Gasteiger charge is 2.47. The van der Waals surface area contributed by atoms with Gasteiger partial charge in [-0.3, -0.25) is 23.0 Å². The maximum absolute atomic E-state index is 12.4. The predicted molar refractivity (Wildman–Crippen MR) is 265 cm³/mol. The first-order valence-corrected chi connectivity index (χ1v) is 27.9. The van der Waals surface area contributed by atoms with E-state index >= 15 is 0 Å². The van der Waals surface area contributed by atoms with Gasteiger partial charge >= 0.3 is 17.3 Å². The summed E-state index contributed by atoms with van der Waals surface area (Å²) >= 11 is -2.61. The fraction of sp³-hybridized carbons (Fsp3) is 0.396. The Morgan fingerprint density at radius 2 is 1.43 bits per heavy atom. The lowest BCUT2D eigenvalue weighted by atomic mass is 9.74. The van der Waals surface area contributed by atoms with E-state index in [-0.39, 0.29) is 42.9 Å². The highest BCUT2D eigenvalue weighted by Crippen LogP contribution is 2.52. The molecule has 2 aromatic rings. The Morgan fingerprint density at radius 3 is 2.13 bits per heavy atom. The number of hydrogen-bond acceptors (Lipinski definition) is 11. The van der Waals surface area contributed by atoms with Gasteiger partial charge in [-0.1, -0.05) is 92.3 Å². The molecule has 5 N–H and O–H groups in total. The first kappa shape index (κ1) is 54.0. The summed E-state index contributed by atoms with van der Waals surface area (Å²) < 4.78 is 127. The highest BCUT2D eigenvalue weighted by atomic mass is 32.2. The second kappa shape index (κ2) is 23.6. The van der Waals surface area contributed by atoms with Crippen molar-refractivity contribution >= 4 is 59.1 Å². The molecule has 20 heteroatoms. The summed E-state index contributed by atoms with van der Waals surface area (Å²) in [6.45, 7) is 4.61. The van der Waals surface area contributed by atoms with Crippen LogP contribution in [-0.2, 0) is 57.3 Å². The Kier molecular flexibility index (Phi) is 18.7. The number of rotatable bonds is 25. The summed E-state index contributed by atoms with van der Waals surface area (Å²) in [5.41, 5.74) is 3.07. The van der Waals surface area contributed by atoms with Gasteiger partial charge in [-0.05, 0) is 117 Å². The molecule has 0 bridgehead atoms. The molecule has 4 atom stereocenters. The van der Waals surface area contributed by atoms with E-state index in [1.807, 2.05) is 85.6 Å². The van der Waals surface area contributed by atoms with Crippen LogP contribution >= 0.6 is 0 Å². The number of anilines is 2. The van der Waals surface area contributed by atoms with Crippen LogP contribution in [0, 0.1) is 0 Å². The molecule has 2 aromatic carbocycles. The summed E-state index contributed by atoms with van der Waals surface area (Å²) in [5.74, 6) is -1.74. The minimum atomic E-state index is -4.57. The number of unbranched alkanes of at least 4 members (excludes halogenated alkanes) is 2. The molecular formula is C48H60N2O14S4. The monoisotopic (exact) mass is 1020 g/mol. The van der Waals surface area contributed by atoms with Gasteiger partial charge in [-0.2, -0.15) is 29.5 Å². The Labute approximate surface area is 402 Å². The lowest BCUT2D eigenvalue weighted by Gasteiger charge is -2.35. The van der Waals surface area contributed by atoms with Crippen LogP contribution in [0.3, 0.4) is 0 Å². The van der Waals surface area contributed by atoms with Crippen molar-refractivity contribution in [2.45, 2.75) is 99.8 Å². The number of carbonyl (C=O) groups is 1. The van der Waals surface area contributed by atoms with E-state index in [0.29, 0.717) is 61.9 Å². The molecule has 370 valence electrons. The summed E-state index contributed by atoms with van der Waals surface area (Å²) in [5, 5.41) is 9.16. The fourth-order valence-corrected chi connectivity index (χ4v) is 11.0. The van der Waals surface area contributed by atoms with Gasteiger partial charge < -0.3 is 19.1 Å².